The average molecular weight is 645 g/mol. The SMILES string of the molecule is COC(=O)c1ccc(CNC(=O)C2NC(CC(C)(C)C)C(C#N)(c3ccc(Cl)cc3F)C2c2cccc(Cl)c2F)cc1OC. The summed E-state index contributed by atoms with van der Waals surface area (Å²) in [5.74, 6) is -3.60. The zero-order valence-electron chi connectivity index (χ0n) is 24.9. The number of nitrogens with zero attached hydrogens (tertiary/aromatic N) is 1. The Morgan fingerprint density at radius 2 is 1.82 bits per heavy atom. The number of ether oxygens (including phenoxy) is 2. The van der Waals surface area contributed by atoms with Crippen molar-refractivity contribution >= 4 is 35.1 Å². The van der Waals surface area contributed by atoms with Crippen LogP contribution < -0.4 is 15.4 Å². The number of amides is 1. The Kier molecular flexibility index (Phi) is 9.89. The second-order valence-electron chi connectivity index (χ2n) is 11.9. The van der Waals surface area contributed by atoms with Gasteiger partial charge in [0.15, 0.2) is 0 Å². The van der Waals surface area contributed by atoms with Gasteiger partial charge in [-0.1, -0.05) is 68.2 Å². The van der Waals surface area contributed by atoms with Crippen molar-refractivity contribution in [3.8, 4) is 11.8 Å². The van der Waals surface area contributed by atoms with Crippen LogP contribution in [-0.4, -0.2) is 38.2 Å². The van der Waals surface area contributed by atoms with Crippen molar-refractivity contribution < 1.29 is 27.8 Å². The van der Waals surface area contributed by atoms with E-state index in [2.05, 4.69) is 16.7 Å². The summed E-state index contributed by atoms with van der Waals surface area (Å²) in [5.41, 5.74) is -1.29. The molecule has 1 heterocycles. The fourth-order valence-electron chi connectivity index (χ4n) is 5.98. The Morgan fingerprint density at radius 1 is 1.09 bits per heavy atom. The maximum Gasteiger partial charge on any atom is 0.341 e. The van der Waals surface area contributed by atoms with Crippen LogP contribution in [0.1, 0.15) is 60.2 Å². The van der Waals surface area contributed by atoms with Gasteiger partial charge in [-0.25, -0.2) is 13.6 Å². The molecule has 1 fully saturated rings. The normalized spacial score (nSPS) is 21.4. The molecule has 3 aromatic carbocycles. The topological polar surface area (TPSA) is 100 Å². The van der Waals surface area contributed by atoms with Crippen LogP contribution in [0.5, 0.6) is 5.75 Å². The highest BCUT2D eigenvalue weighted by Gasteiger charge is 2.61. The molecule has 232 valence electrons. The highest BCUT2D eigenvalue weighted by Crippen LogP contribution is 2.52. The van der Waals surface area contributed by atoms with Gasteiger partial charge in [-0.05, 0) is 53.3 Å². The molecule has 0 bridgehead atoms. The number of rotatable bonds is 8. The highest BCUT2D eigenvalue weighted by atomic mass is 35.5. The molecule has 0 spiro atoms. The smallest absolute Gasteiger partial charge is 0.341 e. The molecule has 7 nitrogen and oxygen atoms in total. The predicted molar refractivity (Wildman–Crippen MR) is 164 cm³/mol. The maximum absolute atomic E-state index is 15.8. The molecule has 44 heavy (non-hydrogen) atoms. The maximum atomic E-state index is 15.8. The van der Waals surface area contributed by atoms with Crippen molar-refractivity contribution in [3.05, 3.63) is 98.5 Å². The summed E-state index contributed by atoms with van der Waals surface area (Å²) >= 11 is 12.3. The summed E-state index contributed by atoms with van der Waals surface area (Å²) in [6.45, 7) is 5.90. The van der Waals surface area contributed by atoms with E-state index in [0.717, 1.165) is 6.07 Å². The quantitative estimate of drug-likeness (QED) is 0.265. The third-order valence-electron chi connectivity index (χ3n) is 7.87. The number of nitriles is 1. The molecular formula is C33H33Cl2F2N3O4. The molecule has 0 aromatic heterocycles. The lowest BCUT2D eigenvalue weighted by Crippen LogP contribution is -2.45. The Balaban J connectivity index is 1.83. The van der Waals surface area contributed by atoms with Crippen LogP contribution in [0.2, 0.25) is 10.0 Å². The lowest BCUT2D eigenvalue weighted by molar-refractivity contribution is -0.123. The number of hydrogen-bond acceptors (Lipinski definition) is 6. The fourth-order valence-corrected chi connectivity index (χ4v) is 6.32. The number of benzene rings is 3. The lowest BCUT2D eigenvalue weighted by atomic mass is 9.62. The van der Waals surface area contributed by atoms with Gasteiger partial charge in [0.2, 0.25) is 5.91 Å². The standard InChI is InChI=1S/C33H33Cl2F2N3O4/c1-32(2,3)15-26-33(17-38,22-12-10-19(34)14-24(22)36)27(21-7-6-8-23(35)28(21)37)29(40-26)30(41)39-16-18-9-11-20(31(42)44-5)25(13-18)43-4/h6-14,26-27,29,40H,15-16H2,1-5H3,(H,39,41). The Labute approximate surface area is 265 Å². The third kappa shape index (κ3) is 6.39. The largest absolute Gasteiger partial charge is 0.496 e. The van der Waals surface area contributed by atoms with E-state index in [4.69, 9.17) is 32.7 Å². The first-order chi connectivity index (χ1) is 20.8. The van der Waals surface area contributed by atoms with E-state index in [1.807, 2.05) is 20.8 Å². The molecule has 3 aromatic rings. The Bertz CT molecular complexity index is 1620. The molecule has 0 aliphatic carbocycles. The number of carbonyl (C=O) groups is 2. The van der Waals surface area contributed by atoms with E-state index >= 15 is 8.78 Å². The van der Waals surface area contributed by atoms with Gasteiger partial charge >= 0.3 is 5.97 Å². The Morgan fingerprint density at radius 3 is 2.43 bits per heavy atom. The molecule has 4 atom stereocenters. The molecule has 1 aliphatic heterocycles. The van der Waals surface area contributed by atoms with Crippen LogP contribution in [0.25, 0.3) is 0 Å². The molecule has 4 rings (SSSR count). The minimum absolute atomic E-state index is 0.00144. The molecular weight excluding hydrogens is 611 g/mol. The summed E-state index contributed by atoms with van der Waals surface area (Å²) in [5, 5.41) is 17.0. The molecule has 1 aliphatic rings. The van der Waals surface area contributed by atoms with E-state index in [1.54, 1.807) is 12.1 Å². The highest BCUT2D eigenvalue weighted by molar-refractivity contribution is 6.31. The summed E-state index contributed by atoms with van der Waals surface area (Å²) in [4.78, 5) is 26.1. The van der Waals surface area contributed by atoms with Crippen LogP contribution in [-0.2, 0) is 21.5 Å². The van der Waals surface area contributed by atoms with E-state index in [1.165, 1.54) is 50.6 Å². The molecule has 0 radical (unpaired) electrons. The van der Waals surface area contributed by atoms with E-state index in [-0.39, 0.29) is 44.4 Å². The molecule has 4 unspecified atom stereocenters. The van der Waals surface area contributed by atoms with Gasteiger partial charge < -0.3 is 20.1 Å². The van der Waals surface area contributed by atoms with Crippen molar-refractivity contribution in [2.24, 2.45) is 5.41 Å². The van der Waals surface area contributed by atoms with Gasteiger partial charge in [0, 0.05) is 29.1 Å². The minimum Gasteiger partial charge on any atom is -0.496 e. The summed E-state index contributed by atoms with van der Waals surface area (Å²) in [6, 6.07) is 13.5. The van der Waals surface area contributed by atoms with Crippen LogP contribution in [0.3, 0.4) is 0 Å². The summed E-state index contributed by atoms with van der Waals surface area (Å²) < 4.78 is 41.7. The van der Waals surface area contributed by atoms with Crippen LogP contribution >= 0.6 is 23.2 Å². The second-order valence-corrected chi connectivity index (χ2v) is 12.8. The zero-order chi connectivity index (χ0) is 32.4. The van der Waals surface area contributed by atoms with Gasteiger partial charge in [0.1, 0.15) is 28.4 Å². The number of esters is 1. The number of nitrogens with one attached hydrogen (secondary N) is 2. The first-order valence-corrected chi connectivity index (χ1v) is 14.6. The molecule has 1 amide bonds. The van der Waals surface area contributed by atoms with Gasteiger partial charge in [-0.3, -0.25) is 4.79 Å². The zero-order valence-corrected chi connectivity index (χ0v) is 26.4. The van der Waals surface area contributed by atoms with Crippen LogP contribution in [0.15, 0.2) is 54.6 Å². The van der Waals surface area contributed by atoms with Crippen molar-refractivity contribution in [2.45, 2.75) is 57.2 Å². The minimum atomic E-state index is -1.74. The summed E-state index contributed by atoms with van der Waals surface area (Å²) in [7, 11) is 2.66. The van der Waals surface area contributed by atoms with Crippen molar-refractivity contribution in [3.63, 3.8) is 0 Å². The van der Waals surface area contributed by atoms with Crippen molar-refractivity contribution in [2.75, 3.05) is 14.2 Å². The predicted octanol–water partition coefficient (Wildman–Crippen LogP) is 6.70. The van der Waals surface area contributed by atoms with Crippen LogP contribution in [0, 0.1) is 28.4 Å². The summed E-state index contributed by atoms with van der Waals surface area (Å²) in [6.07, 6.45) is 0.345. The second kappa shape index (κ2) is 13.1. The number of methoxy groups -OCH3 is 2. The van der Waals surface area contributed by atoms with E-state index < -0.39 is 46.9 Å². The number of carbonyl (C=O) groups excluding carboxylic acids is 2. The third-order valence-corrected chi connectivity index (χ3v) is 8.40. The van der Waals surface area contributed by atoms with Gasteiger partial charge in [0.25, 0.3) is 0 Å². The monoisotopic (exact) mass is 643 g/mol. The number of halogens is 4. The molecule has 0 saturated carbocycles. The Hall–Kier alpha value is -3.71. The van der Waals surface area contributed by atoms with E-state index in [9.17, 15) is 14.9 Å². The van der Waals surface area contributed by atoms with E-state index in [0.29, 0.717) is 12.0 Å². The average Bonchev–Trinajstić information content (AvgIpc) is 3.29. The van der Waals surface area contributed by atoms with Crippen molar-refractivity contribution in [1.82, 2.24) is 10.6 Å². The lowest BCUT2D eigenvalue weighted by Gasteiger charge is -2.37. The first-order valence-electron chi connectivity index (χ1n) is 13.9. The van der Waals surface area contributed by atoms with Gasteiger partial charge in [-0.2, -0.15) is 5.26 Å². The first kappa shape index (κ1) is 33.2. The molecule has 1 saturated heterocycles. The van der Waals surface area contributed by atoms with Crippen LogP contribution in [0.4, 0.5) is 8.78 Å². The van der Waals surface area contributed by atoms with Gasteiger partial charge in [-0.15, -0.1) is 0 Å². The number of hydrogen-bond donors (Lipinski definition) is 2. The molecule has 11 heteroatoms. The van der Waals surface area contributed by atoms with Gasteiger partial charge in [0.05, 0.1) is 31.4 Å². The molecule has 2 N–H and O–H groups in total. The van der Waals surface area contributed by atoms with Crippen molar-refractivity contribution in [1.29, 1.82) is 5.26 Å². The fraction of sp³-hybridized carbons (Fsp3) is 0.364.